The SMILES string of the molecule is CCN(CC)C(=S)SCNC(=O)c1ccccc1. The maximum absolute atomic E-state index is 11.8. The van der Waals surface area contributed by atoms with Crippen LogP contribution < -0.4 is 5.32 Å². The molecule has 1 aromatic rings. The molecule has 0 aromatic heterocycles. The highest BCUT2D eigenvalue weighted by molar-refractivity contribution is 8.22. The van der Waals surface area contributed by atoms with Crippen LogP contribution in [0.25, 0.3) is 0 Å². The fourth-order valence-electron chi connectivity index (χ4n) is 1.43. The van der Waals surface area contributed by atoms with Crippen molar-refractivity contribution in [2.45, 2.75) is 13.8 Å². The number of nitrogens with one attached hydrogen (secondary N) is 1. The van der Waals surface area contributed by atoms with E-state index in [1.54, 1.807) is 12.1 Å². The van der Waals surface area contributed by atoms with E-state index in [9.17, 15) is 4.79 Å². The maximum atomic E-state index is 11.8. The first-order valence-electron chi connectivity index (χ1n) is 5.94. The van der Waals surface area contributed by atoms with E-state index in [0.29, 0.717) is 11.4 Å². The van der Waals surface area contributed by atoms with Gasteiger partial charge in [0.25, 0.3) is 5.91 Å². The molecule has 0 unspecified atom stereocenters. The van der Waals surface area contributed by atoms with Crippen LogP contribution in [0.4, 0.5) is 0 Å². The van der Waals surface area contributed by atoms with Crippen molar-refractivity contribution < 1.29 is 4.79 Å². The molecule has 0 fully saturated rings. The average Bonchev–Trinajstić information content (AvgIpc) is 2.41. The fraction of sp³-hybridized carbons (Fsp3) is 0.385. The summed E-state index contributed by atoms with van der Waals surface area (Å²) < 4.78 is 0.827. The van der Waals surface area contributed by atoms with E-state index < -0.39 is 0 Å². The smallest absolute Gasteiger partial charge is 0.251 e. The van der Waals surface area contributed by atoms with Gasteiger partial charge in [-0.3, -0.25) is 4.79 Å². The molecule has 0 aliphatic heterocycles. The van der Waals surface area contributed by atoms with E-state index in [1.165, 1.54) is 11.8 Å². The number of nitrogens with zero attached hydrogens (tertiary/aromatic N) is 1. The minimum atomic E-state index is -0.0644. The quantitative estimate of drug-likeness (QED) is 0.665. The highest BCUT2D eigenvalue weighted by Crippen LogP contribution is 2.08. The summed E-state index contributed by atoms with van der Waals surface area (Å²) in [6.45, 7) is 5.93. The van der Waals surface area contributed by atoms with Crippen molar-refractivity contribution >= 4 is 34.2 Å². The first-order valence-corrected chi connectivity index (χ1v) is 7.33. The molecule has 0 saturated carbocycles. The molecule has 1 aromatic carbocycles. The van der Waals surface area contributed by atoms with Crippen LogP contribution in [-0.2, 0) is 0 Å². The van der Waals surface area contributed by atoms with E-state index in [1.807, 2.05) is 18.2 Å². The monoisotopic (exact) mass is 282 g/mol. The normalized spacial score (nSPS) is 9.89. The second kappa shape index (κ2) is 8.11. The van der Waals surface area contributed by atoms with Crippen molar-refractivity contribution in [2.75, 3.05) is 19.0 Å². The van der Waals surface area contributed by atoms with Crippen LogP contribution in [0.5, 0.6) is 0 Å². The second-order valence-electron chi connectivity index (χ2n) is 3.60. The first kappa shape index (κ1) is 15.0. The third-order valence-corrected chi connectivity index (χ3v) is 3.89. The summed E-state index contributed by atoms with van der Waals surface area (Å²) in [5.41, 5.74) is 0.673. The molecule has 98 valence electrons. The number of benzene rings is 1. The summed E-state index contributed by atoms with van der Waals surface area (Å²) in [5, 5.41) is 2.84. The van der Waals surface area contributed by atoms with Gasteiger partial charge in [0.2, 0.25) is 0 Å². The van der Waals surface area contributed by atoms with E-state index in [-0.39, 0.29) is 5.91 Å². The van der Waals surface area contributed by atoms with Gasteiger partial charge in [0.1, 0.15) is 4.32 Å². The van der Waals surface area contributed by atoms with Crippen LogP contribution in [0.3, 0.4) is 0 Å². The molecule has 0 spiro atoms. The Balaban J connectivity index is 2.34. The topological polar surface area (TPSA) is 32.3 Å². The average molecular weight is 282 g/mol. The molecule has 5 heteroatoms. The summed E-state index contributed by atoms with van der Waals surface area (Å²) in [5.74, 6) is 0.439. The second-order valence-corrected chi connectivity index (χ2v) is 5.21. The van der Waals surface area contributed by atoms with Crippen LogP contribution in [0.1, 0.15) is 24.2 Å². The summed E-state index contributed by atoms with van der Waals surface area (Å²) in [4.78, 5) is 13.8. The molecule has 18 heavy (non-hydrogen) atoms. The Hall–Kier alpha value is -1.07. The van der Waals surface area contributed by atoms with E-state index >= 15 is 0 Å². The molecular weight excluding hydrogens is 264 g/mol. The van der Waals surface area contributed by atoms with E-state index in [0.717, 1.165) is 17.4 Å². The largest absolute Gasteiger partial charge is 0.358 e. The van der Waals surface area contributed by atoms with Crippen LogP contribution in [-0.4, -0.2) is 34.1 Å². The molecule has 1 amide bonds. The Labute approximate surface area is 118 Å². The summed E-state index contributed by atoms with van der Waals surface area (Å²) in [6, 6.07) is 9.18. The predicted molar refractivity (Wildman–Crippen MR) is 81.9 cm³/mol. The number of rotatable bonds is 5. The van der Waals surface area contributed by atoms with Gasteiger partial charge in [0.05, 0.1) is 5.88 Å². The molecule has 0 heterocycles. The minimum Gasteiger partial charge on any atom is -0.358 e. The molecule has 0 atom stereocenters. The molecule has 0 aliphatic rings. The lowest BCUT2D eigenvalue weighted by molar-refractivity contribution is 0.0961. The van der Waals surface area contributed by atoms with Gasteiger partial charge < -0.3 is 10.2 Å². The minimum absolute atomic E-state index is 0.0644. The summed E-state index contributed by atoms with van der Waals surface area (Å²) in [7, 11) is 0. The third-order valence-electron chi connectivity index (χ3n) is 2.49. The molecule has 0 radical (unpaired) electrons. The standard InChI is InChI=1S/C13H18N2OS2/c1-3-15(4-2)13(17)18-10-14-12(16)11-8-6-5-7-9-11/h5-9H,3-4,10H2,1-2H3,(H,14,16). The molecule has 0 aliphatic carbocycles. The zero-order valence-electron chi connectivity index (χ0n) is 10.7. The number of thiocarbonyl (C=S) groups is 1. The number of hydrogen-bond donors (Lipinski definition) is 1. The molecular formula is C13H18N2OS2. The number of carbonyl (C=O) groups is 1. The van der Waals surface area contributed by atoms with Gasteiger partial charge in [0.15, 0.2) is 0 Å². The van der Waals surface area contributed by atoms with Gasteiger partial charge in [-0.15, -0.1) is 0 Å². The number of thioether (sulfide) groups is 1. The summed E-state index contributed by atoms with van der Waals surface area (Å²) >= 11 is 6.76. The van der Waals surface area contributed by atoms with Crippen LogP contribution >= 0.6 is 24.0 Å². The molecule has 1 N–H and O–H groups in total. The van der Waals surface area contributed by atoms with Crippen molar-refractivity contribution in [3.05, 3.63) is 35.9 Å². The third kappa shape index (κ3) is 4.66. The van der Waals surface area contributed by atoms with Gasteiger partial charge in [0, 0.05) is 18.7 Å². The summed E-state index contributed by atoms with van der Waals surface area (Å²) in [6.07, 6.45) is 0. The zero-order valence-corrected chi connectivity index (χ0v) is 12.3. The molecule has 0 saturated heterocycles. The van der Waals surface area contributed by atoms with Gasteiger partial charge >= 0.3 is 0 Å². The van der Waals surface area contributed by atoms with Gasteiger partial charge in [-0.2, -0.15) is 0 Å². The molecule has 1 rings (SSSR count). The van der Waals surface area contributed by atoms with Crippen molar-refractivity contribution in [2.24, 2.45) is 0 Å². The Morgan fingerprint density at radius 2 is 1.89 bits per heavy atom. The van der Waals surface area contributed by atoms with Gasteiger partial charge in [-0.25, -0.2) is 0 Å². The van der Waals surface area contributed by atoms with Crippen LogP contribution in [0.15, 0.2) is 30.3 Å². The zero-order chi connectivity index (χ0) is 13.4. The van der Waals surface area contributed by atoms with Gasteiger partial charge in [-0.1, -0.05) is 42.2 Å². The highest BCUT2D eigenvalue weighted by Gasteiger charge is 2.07. The Kier molecular flexibility index (Phi) is 6.75. The van der Waals surface area contributed by atoms with Crippen LogP contribution in [0, 0.1) is 0 Å². The lowest BCUT2D eigenvalue weighted by Gasteiger charge is -2.20. The Morgan fingerprint density at radius 3 is 2.44 bits per heavy atom. The predicted octanol–water partition coefficient (Wildman–Crippen LogP) is 2.73. The van der Waals surface area contributed by atoms with Crippen molar-refractivity contribution in [3.63, 3.8) is 0 Å². The van der Waals surface area contributed by atoms with Crippen molar-refractivity contribution in [1.29, 1.82) is 0 Å². The number of amides is 1. The molecule has 0 bridgehead atoms. The number of carbonyl (C=O) groups excluding carboxylic acids is 1. The first-order chi connectivity index (χ1) is 8.69. The Morgan fingerprint density at radius 1 is 1.28 bits per heavy atom. The molecule has 3 nitrogen and oxygen atoms in total. The van der Waals surface area contributed by atoms with E-state index in [4.69, 9.17) is 12.2 Å². The van der Waals surface area contributed by atoms with Crippen LogP contribution in [0.2, 0.25) is 0 Å². The van der Waals surface area contributed by atoms with Crippen molar-refractivity contribution in [3.8, 4) is 0 Å². The van der Waals surface area contributed by atoms with E-state index in [2.05, 4.69) is 24.1 Å². The number of hydrogen-bond acceptors (Lipinski definition) is 3. The fourth-order valence-corrected chi connectivity index (χ4v) is 2.63. The maximum Gasteiger partial charge on any atom is 0.251 e. The van der Waals surface area contributed by atoms with Gasteiger partial charge in [-0.05, 0) is 26.0 Å². The lowest BCUT2D eigenvalue weighted by atomic mass is 10.2. The highest BCUT2D eigenvalue weighted by atomic mass is 32.2. The Bertz CT molecular complexity index is 391. The van der Waals surface area contributed by atoms with Crippen molar-refractivity contribution in [1.82, 2.24) is 10.2 Å². The lowest BCUT2D eigenvalue weighted by Crippen LogP contribution is -2.29.